The second-order valence-electron chi connectivity index (χ2n) is 5.03. The van der Waals surface area contributed by atoms with E-state index in [0.717, 1.165) is 37.3 Å². The summed E-state index contributed by atoms with van der Waals surface area (Å²) >= 11 is 0. The van der Waals surface area contributed by atoms with Crippen LogP contribution in [-0.4, -0.2) is 19.8 Å². The Kier molecular flexibility index (Phi) is 8.31. The average Bonchev–Trinajstić information content (AvgIpc) is 2.46. The third-order valence-electron chi connectivity index (χ3n) is 3.19. The standard InChI is InChI=1S/C17H29NO2/c1-5-10-18-14(4)15-8-9-17(20-7-3)16(12-15)13-19-11-6-2/h8-9,12,14,18H,5-7,10-11,13H2,1-4H3. The number of hydrogen-bond donors (Lipinski definition) is 1. The van der Waals surface area contributed by atoms with Gasteiger partial charge >= 0.3 is 0 Å². The van der Waals surface area contributed by atoms with E-state index in [2.05, 4.69) is 44.3 Å². The molecule has 0 aromatic heterocycles. The van der Waals surface area contributed by atoms with Crippen molar-refractivity contribution in [3.63, 3.8) is 0 Å². The minimum Gasteiger partial charge on any atom is -0.494 e. The molecule has 20 heavy (non-hydrogen) atoms. The van der Waals surface area contributed by atoms with Gasteiger partial charge in [-0.25, -0.2) is 0 Å². The van der Waals surface area contributed by atoms with E-state index in [-0.39, 0.29) is 0 Å². The first-order valence-corrected chi connectivity index (χ1v) is 7.79. The molecule has 0 saturated heterocycles. The van der Waals surface area contributed by atoms with Crippen LogP contribution in [0.3, 0.4) is 0 Å². The summed E-state index contributed by atoms with van der Waals surface area (Å²) in [5.41, 5.74) is 2.43. The summed E-state index contributed by atoms with van der Waals surface area (Å²) in [6, 6.07) is 6.76. The van der Waals surface area contributed by atoms with Gasteiger partial charge in [-0.1, -0.05) is 19.9 Å². The van der Waals surface area contributed by atoms with Crippen molar-refractivity contribution in [2.45, 2.75) is 53.2 Å². The van der Waals surface area contributed by atoms with E-state index in [0.29, 0.717) is 19.3 Å². The van der Waals surface area contributed by atoms with Crippen molar-refractivity contribution >= 4 is 0 Å². The molecular weight excluding hydrogens is 250 g/mol. The van der Waals surface area contributed by atoms with Gasteiger partial charge in [0.2, 0.25) is 0 Å². The maximum absolute atomic E-state index is 5.68. The molecule has 0 aliphatic carbocycles. The van der Waals surface area contributed by atoms with Gasteiger partial charge in [-0.15, -0.1) is 0 Å². The van der Waals surface area contributed by atoms with Crippen LogP contribution >= 0.6 is 0 Å². The van der Waals surface area contributed by atoms with Crippen LogP contribution in [0.2, 0.25) is 0 Å². The van der Waals surface area contributed by atoms with Gasteiger partial charge in [-0.2, -0.15) is 0 Å². The van der Waals surface area contributed by atoms with Gasteiger partial charge in [-0.3, -0.25) is 0 Å². The average molecular weight is 279 g/mol. The van der Waals surface area contributed by atoms with Gasteiger partial charge in [0.1, 0.15) is 5.75 Å². The molecule has 1 aromatic rings. The Morgan fingerprint density at radius 3 is 2.60 bits per heavy atom. The third-order valence-corrected chi connectivity index (χ3v) is 3.19. The van der Waals surface area contributed by atoms with Crippen LogP contribution in [0, 0.1) is 0 Å². The molecule has 0 amide bonds. The zero-order chi connectivity index (χ0) is 14.8. The van der Waals surface area contributed by atoms with Crippen molar-refractivity contribution in [1.82, 2.24) is 5.32 Å². The molecule has 0 radical (unpaired) electrons. The van der Waals surface area contributed by atoms with E-state index in [9.17, 15) is 0 Å². The minimum atomic E-state index is 0.357. The molecular formula is C17H29NO2. The maximum Gasteiger partial charge on any atom is 0.124 e. The first-order chi connectivity index (χ1) is 9.72. The van der Waals surface area contributed by atoms with Crippen LogP contribution in [0.25, 0.3) is 0 Å². The van der Waals surface area contributed by atoms with Crippen molar-refractivity contribution in [2.24, 2.45) is 0 Å². The SMILES string of the molecule is CCCNC(C)c1ccc(OCC)c(COCCC)c1. The highest BCUT2D eigenvalue weighted by molar-refractivity contribution is 5.38. The fraction of sp³-hybridized carbons (Fsp3) is 0.647. The van der Waals surface area contributed by atoms with Crippen molar-refractivity contribution < 1.29 is 9.47 Å². The molecule has 1 atom stereocenters. The summed E-state index contributed by atoms with van der Waals surface area (Å²) in [5.74, 6) is 0.940. The quantitative estimate of drug-likeness (QED) is 0.655. The van der Waals surface area contributed by atoms with E-state index in [1.54, 1.807) is 0 Å². The van der Waals surface area contributed by atoms with Crippen LogP contribution in [0.1, 0.15) is 57.7 Å². The second-order valence-corrected chi connectivity index (χ2v) is 5.03. The number of nitrogens with one attached hydrogen (secondary N) is 1. The molecule has 1 aromatic carbocycles. The molecule has 0 spiro atoms. The van der Waals surface area contributed by atoms with Gasteiger partial charge in [0, 0.05) is 18.2 Å². The lowest BCUT2D eigenvalue weighted by Crippen LogP contribution is -2.19. The third kappa shape index (κ3) is 5.51. The number of rotatable bonds is 10. The molecule has 0 saturated carbocycles. The molecule has 1 unspecified atom stereocenters. The molecule has 0 aliphatic rings. The molecule has 0 fully saturated rings. The second kappa shape index (κ2) is 9.78. The normalized spacial score (nSPS) is 12.4. The maximum atomic E-state index is 5.68. The molecule has 1 rings (SSSR count). The molecule has 3 nitrogen and oxygen atoms in total. The van der Waals surface area contributed by atoms with E-state index in [1.165, 1.54) is 5.56 Å². The Bertz CT molecular complexity index is 379. The predicted molar refractivity (Wildman–Crippen MR) is 84.3 cm³/mol. The van der Waals surface area contributed by atoms with Gasteiger partial charge in [0.15, 0.2) is 0 Å². The smallest absolute Gasteiger partial charge is 0.124 e. The highest BCUT2D eigenvalue weighted by Gasteiger charge is 2.09. The first kappa shape index (κ1) is 17.0. The van der Waals surface area contributed by atoms with E-state index in [4.69, 9.17) is 9.47 Å². The lowest BCUT2D eigenvalue weighted by molar-refractivity contribution is 0.119. The predicted octanol–water partition coefficient (Wildman–Crippen LogP) is 4.07. The number of hydrogen-bond acceptors (Lipinski definition) is 3. The summed E-state index contributed by atoms with van der Waals surface area (Å²) in [7, 11) is 0. The molecule has 0 bridgehead atoms. The van der Waals surface area contributed by atoms with Gasteiger partial charge in [0.05, 0.1) is 13.2 Å². The van der Waals surface area contributed by atoms with Crippen LogP contribution < -0.4 is 10.1 Å². The Labute approximate surface area is 123 Å². The lowest BCUT2D eigenvalue weighted by Gasteiger charge is -2.17. The van der Waals surface area contributed by atoms with Crippen LogP contribution in [0.5, 0.6) is 5.75 Å². The first-order valence-electron chi connectivity index (χ1n) is 7.79. The van der Waals surface area contributed by atoms with E-state index in [1.807, 2.05) is 6.92 Å². The number of benzene rings is 1. The molecule has 0 heterocycles. The van der Waals surface area contributed by atoms with Crippen molar-refractivity contribution in [2.75, 3.05) is 19.8 Å². The van der Waals surface area contributed by atoms with Gasteiger partial charge in [0.25, 0.3) is 0 Å². The van der Waals surface area contributed by atoms with Crippen molar-refractivity contribution in [1.29, 1.82) is 0 Å². The van der Waals surface area contributed by atoms with Crippen LogP contribution in [0.15, 0.2) is 18.2 Å². The highest BCUT2D eigenvalue weighted by atomic mass is 16.5. The number of ether oxygens (including phenoxy) is 2. The summed E-state index contributed by atoms with van der Waals surface area (Å²) < 4.78 is 11.4. The molecule has 3 heteroatoms. The minimum absolute atomic E-state index is 0.357. The molecule has 1 N–H and O–H groups in total. The van der Waals surface area contributed by atoms with Crippen molar-refractivity contribution in [3.05, 3.63) is 29.3 Å². The van der Waals surface area contributed by atoms with E-state index >= 15 is 0 Å². The molecule has 0 aliphatic heterocycles. The van der Waals surface area contributed by atoms with Crippen LogP contribution in [0.4, 0.5) is 0 Å². The summed E-state index contributed by atoms with van der Waals surface area (Å²) in [5, 5.41) is 3.51. The Balaban J connectivity index is 2.79. The zero-order valence-electron chi connectivity index (χ0n) is 13.4. The largest absolute Gasteiger partial charge is 0.494 e. The zero-order valence-corrected chi connectivity index (χ0v) is 13.4. The highest BCUT2D eigenvalue weighted by Crippen LogP contribution is 2.24. The molecule has 114 valence electrons. The Morgan fingerprint density at radius 2 is 1.95 bits per heavy atom. The van der Waals surface area contributed by atoms with E-state index < -0.39 is 0 Å². The van der Waals surface area contributed by atoms with Gasteiger partial charge in [-0.05, 0) is 50.9 Å². The topological polar surface area (TPSA) is 30.5 Å². The lowest BCUT2D eigenvalue weighted by atomic mass is 10.0. The fourth-order valence-corrected chi connectivity index (χ4v) is 2.08. The Hall–Kier alpha value is -1.06. The fourth-order valence-electron chi connectivity index (χ4n) is 2.08. The summed E-state index contributed by atoms with van der Waals surface area (Å²) in [6.07, 6.45) is 2.19. The van der Waals surface area contributed by atoms with Crippen molar-refractivity contribution in [3.8, 4) is 5.75 Å². The Morgan fingerprint density at radius 1 is 1.15 bits per heavy atom. The summed E-state index contributed by atoms with van der Waals surface area (Å²) in [6.45, 7) is 11.6. The van der Waals surface area contributed by atoms with Gasteiger partial charge < -0.3 is 14.8 Å². The monoisotopic (exact) mass is 279 g/mol. The van der Waals surface area contributed by atoms with Crippen LogP contribution in [-0.2, 0) is 11.3 Å². The summed E-state index contributed by atoms with van der Waals surface area (Å²) in [4.78, 5) is 0.